The number of esters is 1. The third-order valence-corrected chi connectivity index (χ3v) is 9.90. The fraction of sp³-hybridized carbons (Fsp3) is 0.297. The molecule has 2 N–H and O–H groups in total. The van der Waals surface area contributed by atoms with Crippen LogP contribution in [0, 0.1) is 5.92 Å². The smallest absolute Gasteiger partial charge is 0.341 e. The van der Waals surface area contributed by atoms with Crippen LogP contribution in [-0.2, 0) is 29.0 Å². The van der Waals surface area contributed by atoms with Crippen molar-refractivity contribution < 1.29 is 33.3 Å². The Morgan fingerprint density at radius 1 is 1.06 bits per heavy atom. The standard InChI is InChI=1S/C37H37Cl2N3O7S/c1-5-47-37(45)33-26-15-9-21(2)17-32(26)50-36(33)41-35(44)24-11-13-25(14-12-24)49-22(3)34(43)42-40-19-23-10-16-30(31(18-23)46-4)48-20-27-28(38)7-6-8-29(27)39/h6-8,10-14,16,18-19,21-22H,5,9,15,17,20H2,1-4H3,(H,41,44)(H,42,43). The van der Waals surface area contributed by atoms with E-state index < -0.39 is 18.0 Å². The third-order valence-electron chi connectivity index (χ3n) is 8.03. The Balaban J connectivity index is 1.15. The maximum Gasteiger partial charge on any atom is 0.341 e. The second kappa shape index (κ2) is 16.9. The number of thiophene rings is 1. The Kier molecular flexibility index (Phi) is 12.4. The molecule has 3 aromatic carbocycles. The summed E-state index contributed by atoms with van der Waals surface area (Å²) in [4.78, 5) is 39.8. The average Bonchev–Trinajstić information content (AvgIpc) is 3.45. The topological polar surface area (TPSA) is 125 Å². The minimum absolute atomic E-state index is 0.153. The first kappa shape index (κ1) is 36.7. The van der Waals surface area contributed by atoms with Gasteiger partial charge >= 0.3 is 5.97 Å². The van der Waals surface area contributed by atoms with Crippen molar-refractivity contribution >= 4 is 63.5 Å². The van der Waals surface area contributed by atoms with Gasteiger partial charge in [-0.3, -0.25) is 9.59 Å². The number of ether oxygens (including phenoxy) is 4. The molecular formula is C37H37Cl2N3O7S. The summed E-state index contributed by atoms with van der Waals surface area (Å²) < 4.78 is 22.4. The molecule has 0 radical (unpaired) electrons. The Hall–Kier alpha value is -4.58. The van der Waals surface area contributed by atoms with Crippen molar-refractivity contribution in [2.75, 3.05) is 19.0 Å². The molecule has 4 aromatic rings. The summed E-state index contributed by atoms with van der Waals surface area (Å²) in [6.45, 7) is 5.93. The van der Waals surface area contributed by atoms with Crippen molar-refractivity contribution in [3.63, 3.8) is 0 Å². The van der Waals surface area contributed by atoms with Crippen LogP contribution in [0.5, 0.6) is 17.2 Å². The van der Waals surface area contributed by atoms with E-state index >= 15 is 0 Å². The van der Waals surface area contributed by atoms with Gasteiger partial charge in [0.1, 0.15) is 17.4 Å². The van der Waals surface area contributed by atoms with Gasteiger partial charge < -0.3 is 24.3 Å². The fourth-order valence-corrected chi connectivity index (χ4v) is 7.24. The van der Waals surface area contributed by atoms with E-state index in [4.69, 9.17) is 42.1 Å². The highest BCUT2D eigenvalue weighted by molar-refractivity contribution is 7.17. The number of fused-ring (bicyclic) bond motifs is 1. The number of nitrogens with zero attached hydrogens (tertiary/aromatic N) is 1. The molecular weight excluding hydrogens is 701 g/mol. The first-order chi connectivity index (χ1) is 24.1. The number of methoxy groups -OCH3 is 1. The molecule has 1 aliphatic carbocycles. The molecule has 13 heteroatoms. The van der Waals surface area contributed by atoms with Crippen LogP contribution < -0.4 is 25.0 Å². The van der Waals surface area contributed by atoms with Crippen LogP contribution in [-0.4, -0.2) is 43.8 Å². The van der Waals surface area contributed by atoms with Crippen LogP contribution in [0.15, 0.2) is 65.8 Å². The summed E-state index contributed by atoms with van der Waals surface area (Å²) >= 11 is 13.9. The minimum atomic E-state index is -0.888. The zero-order valence-corrected chi connectivity index (χ0v) is 30.3. The molecule has 0 spiro atoms. The van der Waals surface area contributed by atoms with Gasteiger partial charge in [0.2, 0.25) is 0 Å². The number of benzene rings is 3. The van der Waals surface area contributed by atoms with Crippen molar-refractivity contribution in [1.29, 1.82) is 0 Å². The predicted molar refractivity (Wildman–Crippen MR) is 195 cm³/mol. The number of nitrogens with one attached hydrogen (secondary N) is 2. The number of anilines is 1. The Bertz CT molecular complexity index is 1870. The minimum Gasteiger partial charge on any atom is -0.493 e. The normalized spacial score (nSPS) is 14.4. The molecule has 5 rings (SSSR count). The third kappa shape index (κ3) is 8.95. The van der Waals surface area contributed by atoms with E-state index in [1.807, 2.05) is 0 Å². The molecule has 1 aromatic heterocycles. The maximum atomic E-state index is 13.2. The van der Waals surface area contributed by atoms with E-state index in [9.17, 15) is 14.4 Å². The van der Waals surface area contributed by atoms with Crippen LogP contribution in [0.3, 0.4) is 0 Å². The van der Waals surface area contributed by atoms with Gasteiger partial charge in [0.05, 0.1) is 25.5 Å². The lowest BCUT2D eigenvalue weighted by Gasteiger charge is -2.18. The van der Waals surface area contributed by atoms with Crippen LogP contribution in [0.25, 0.3) is 0 Å². The Morgan fingerprint density at radius 2 is 1.80 bits per heavy atom. The summed E-state index contributed by atoms with van der Waals surface area (Å²) in [5, 5.41) is 8.46. The lowest BCUT2D eigenvalue weighted by molar-refractivity contribution is -0.127. The molecule has 2 atom stereocenters. The number of amides is 2. The molecule has 2 unspecified atom stereocenters. The number of hydrogen-bond donors (Lipinski definition) is 2. The summed E-state index contributed by atoms with van der Waals surface area (Å²) in [5.74, 6) is 0.577. The van der Waals surface area contributed by atoms with Gasteiger partial charge in [-0.1, -0.05) is 36.2 Å². The summed E-state index contributed by atoms with van der Waals surface area (Å²) in [7, 11) is 1.52. The second-order valence-corrected chi connectivity index (χ2v) is 13.6. The Morgan fingerprint density at radius 3 is 2.50 bits per heavy atom. The Labute approximate surface area is 304 Å². The number of carbonyl (C=O) groups is 3. The highest BCUT2D eigenvalue weighted by atomic mass is 35.5. The molecule has 0 saturated heterocycles. The first-order valence-electron chi connectivity index (χ1n) is 16.0. The van der Waals surface area contributed by atoms with Crippen molar-refractivity contribution in [2.45, 2.75) is 52.7 Å². The summed E-state index contributed by atoms with van der Waals surface area (Å²) in [6, 6.07) is 16.8. The number of halogens is 2. The van der Waals surface area contributed by atoms with E-state index in [1.165, 1.54) is 24.7 Å². The fourth-order valence-electron chi connectivity index (χ4n) is 5.34. The number of hydrazone groups is 1. The molecule has 262 valence electrons. The van der Waals surface area contributed by atoms with Crippen LogP contribution in [0.2, 0.25) is 10.0 Å². The monoisotopic (exact) mass is 737 g/mol. The maximum absolute atomic E-state index is 13.2. The van der Waals surface area contributed by atoms with E-state index in [1.54, 1.807) is 74.5 Å². The van der Waals surface area contributed by atoms with Crippen molar-refractivity contribution in [3.8, 4) is 17.2 Å². The lowest BCUT2D eigenvalue weighted by Crippen LogP contribution is -2.33. The van der Waals surface area contributed by atoms with Crippen molar-refractivity contribution in [3.05, 3.63) is 103 Å². The van der Waals surface area contributed by atoms with Gasteiger partial charge in [0.25, 0.3) is 11.8 Å². The molecule has 0 bridgehead atoms. The van der Waals surface area contributed by atoms with Gasteiger partial charge in [-0.2, -0.15) is 5.10 Å². The van der Waals surface area contributed by atoms with E-state index in [0.717, 1.165) is 29.7 Å². The molecule has 1 aliphatic rings. The molecule has 1 heterocycles. The molecule has 0 fully saturated rings. The highest BCUT2D eigenvalue weighted by Crippen LogP contribution is 2.40. The van der Waals surface area contributed by atoms with Crippen LogP contribution >= 0.6 is 34.5 Å². The zero-order valence-electron chi connectivity index (χ0n) is 28.0. The molecule has 50 heavy (non-hydrogen) atoms. The average molecular weight is 739 g/mol. The van der Waals surface area contributed by atoms with Crippen LogP contribution in [0.1, 0.15) is 69.5 Å². The largest absolute Gasteiger partial charge is 0.493 e. The molecule has 2 amide bonds. The quantitative estimate of drug-likeness (QED) is 0.0807. The number of rotatable bonds is 13. The number of carbonyl (C=O) groups excluding carboxylic acids is 3. The van der Waals surface area contributed by atoms with E-state index in [-0.39, 0.29) is 19.1 Å². The van der Waals surface area contributed by atoms with E-state index in [2.05, 4.69) is 22.8 Å². The molecule has 0 saturated carbocycles. The molecule has 0 aliphatic heterocycles. The lowest BCUT2D eigenvalue weighted by atomic mass is 9.88. The van der Waals surface area contributed by atoms with Gasteiger partial charge in [-0.15, -0.1) is 11.3 Å². The highest BCUT2D eigenvalue weighted by Gasteiger charge is 2.29. The SMILES string of the molecule is CCOC(=O)c1c(NC(=O)c2ccc(OC(C)C(=O)NN=Cc3ccc(OCc4c(Cl)cccc4Cl)c(OC)c3)cc2)sc2c1CCC(C)C2. The van der Waals surface area contributed by atoms with Crippen LogP contribution in [0.4, 0.5) is 5.00 Å². The van der Waals surface area contributed by atoms with Crippen molar-refractivity contribution in [1.82, 2.24) is 5.43 Å². The summed E-state index contributed by atoms with van der Waals surface area (Å²) in [5.41, 5.74) is 5.58. The van der Waals surface area contributed by atoms with E-state index in [0.29, 0.717) is 60.5 Å². The number of hydrogen-bond acceptors (Lipinski definition) is 9. The first-order valence-corrected chi connectivity index (χ1v) is 17.6. The second-order valence-electron chi connectivity index (χ2n) is 11.6. The van der Waals surface area contributed by atoms with Gasteiger partial charge in [-0.05, 0) is 105 Å². The van der Waals surface area contributed by atoms with Crippen molar-refractivity contribution in [2.24, 2.45) is 11.0 Å². The summed E-state index contributed by atoms with van der Waals surface area (Å²) in [6.07, 6.45) is 3.20. The molecule has 10 nitrogen and oxygen atoms in total. The predicted octanol–water partition coefficient (Wildman–Crippen LogP) is 8.11. The zero-order chi connectivity index (χ0) is 35.8. The van der Waals surface area contributed by atoms with Gasteiger partial charge in [0, 0.05) is 26.0 Å². The van der Waals surface area contributed by atoms with Gasteiger partial charge in [-0.25, -0.2) is 10.2 Å². The van der Waals surface area contributed by atoms with Gasteiger partial charge in [0.15, 0.2) is 17.6 Å².